The maximum Gasteiger partial charge on any atom is 0.290 e. The second kappa shape index (κ2) is 7.12. The number of benzene rings is 1. The number of para-hydroxylation sites is 1. The molecule has 4 heteroatoms. The molecule has 0 saturated heterocycles. The molecule has 1 rings (SSSR count). The maximum atomic E-state index is 9.19. The van der Waals surface area contributed by atoms with Gasteiger partial charge < -0.3 is 15.9 Å². The standard InChI is InChI=1S/C8H11NO.CH2O2/c9-6-5-7-3-1-2-4-8(7)10;2-1-3/h1-4,10H,5-6,9H2;1H,(H,2,3). The van der Waals surface area contributed by atoms with Crippen molar-refractivity contribution >= 4 is 6.47 Å². The summed E-state index contributed by atoms with van der Waals surface area (Å²) in [5, 5.41) is 16.1. The van der Waals surface area contributed by atoms with Crippen LogP contribution in [0.25, 0.3) is 0 Å². The van der Waals surface area contributed by atoms with Crippen molar-refractivity contribution in [2.75, 3.05) is 6.54 Å². The SMILES string of the molecule is NCCc1ccccc1O.O=CO. The Morgan fingerprint density at radius 1 is 1.38 bits per heavy atom. The second-order valence-corrected chi connectivity index (χ2v) is 2.27. The molecule has 0 bridgehead atoms. The van der Waals surface area contributed by atoms with Crippen molar-refractivity contribution in [1.82, 2.24) is 0 Å². The van der Waals surface area contributed by atoms with Crippen LogP contribution in [0.15, 0.2) is 24.3 Å². The zero-order valence-corrected chi connectivity index (χ0v) is 7.18. The van der Waals surface area contributed by atoms with Crippen LogP contribution in [0.1, 0.15) is 5.56 Å². The van der Waals surface area contributed by atoms with Crippen molar-refractivity contribution in [1.29, 1.82) is 0 Å². The van der Waals surface area contributed by atoms with Gasteiger partial charge in [0.15, 0.2) is 0 Å². The van der Waals surface area contributed by atoms with E-state index in [9.17, 15) is 5.11 Å². The van der Waals surface area contributed by atoms with E-state index >= 15 is 0 Å². The highest BCUT2D eigenvalue weighted by Crippen LogP contribution is 2.14. The first-order chi connectivity index (χ1) is 6.26. The van der Waals surface area contributed by atoms with Gasteiger partial charge in [-0.15, -0.1) is 0 Å². The molecular weight excluding hydrogens is 170 g/mol. The van der Waals surface area contributed by atoms with Crippen molar-refractivity contribution in [3.63, 3.8) is 0 Å². The highest BCUT2D eigenvalue weighted by atomic mass is 16.3. The first kappa shape index (κ1) is 11.4. The van der Waals surface area contributed by atoms with Gasteiger partial charge in [-0.25, -0.2) is 0 Å². The topological polar surface area (TPSA) is 83.5 Å². The van der Waals surface area contributed by atoms with Gasteiger partial charge in [-0.05, 0) is 24.6 Å². The van der Waals surface area contributed by atoms with Crippen molar-refractivity contribution in [3.8, 4) is 5.75 Å². The van der Waals surface area contributed by atoms with Crippen LogP contribution in [0, 0.1) is 0 Å². The van der Waals surface area contributed by atoms with E-state index in [0.717, 1.165) is 12.0 Å². The molecule has 0 radical (unpaired) electrons. The molecule has 1 aromatic rings. The van der Waals surface area contributed by atoms with Gasteiger partial charge in [0.1, 0.15) is 5.75 Å². The smallest absolute Gasteiger partial charge is 0.290 e. The Morgan fingerprint density at radius 2 is 1.92 bits per heavy atom. The summed E-state index contributed by atoms with van der Waals surface area (Å²) in [6, 6.07) is 7.24. The van der Waals surface area contributed by atoms with Crippen LogP contribution < -0.4 is 5.73 Å². The van der Waals surface area contributed by atoms with Crippen LogP contribution in [0.3, 0.4) is 0 Å². The Kier molecular flexibility index (Phi) is 6.27. The highest BCUT2D eigenvalue weighted by molar-refractivity contribution is 5.32. The third-order valence-corrected chi connectivity index (χ3v) is 1.41. The number of rotatable bonds is 2. The van der Waals surface area contributed by atoms with Crippen molar-refractivity contribution in [2.24, 2.45) is 5.73 Å². The third kappa shape index (κ3) is 4.81. The van der Waals surface area contributed by atoms with Gasteiger partial charge in [-0.1, -0.05) is 18.2 Å². The van der Waals surface area contributed by atoms with Crippen LogP contribution in [-0.4, -0.2) is 23.2 Å². The van der Waals surface area contributed by atoms with E-state index < -0.39 is 0 Å². The maximum absolute atomic E-state index is 9.19. The molecule has 1 aromatic carbocycles. The third-order valence-electron chi connectivity index (χ3n) is 1.41. The summed E-state index contributed by atoms with van der Waals surface area (Å²) in [5.74, 6) is 0.341. The quantitative estimate of drug-likeness (QED) is 0.586. The molecule has 0 aromatic heterocycles. The lowest BCUT2D eigenvalue weighted by Gasteiger charge is -1.99. The lowest BCUT2D eigenvalue weighted by Crippen LogP contribution is -2.02. The predicted molar refractivity (Wildman–Crippen MR) is 49.6 cm³/mol. The van der Waals surface area contributed by atoms with Crippen molar-refractivity contribution in [2.45, 2.75) is 6.42 Å². The molecule has 72 valence electrons. The minimum absolute atomic E-state index is 0.250. The number of phenols is 1. The molecule has 4 nitrogen and oxygen atoms in total. The van der Waals surface area contributed by atoms with Gasteiger partial charge in [-0.3, -0.25) is 4.79 Å². The molecule has 0 amide bonds. The summed E-state index contributed by atoms with van der Waals surface area (Å²) in [5.41, 5.74) is 6.24. The normalized spacial score (nSPS) is 8.38. The van der Waals surface area contributed by atoms with E-state index in [2.05, 4.69) is 0 Å². The van der Waals surface area contributed by atoms with Crippen molar-refractivity contribution in [3.05, 3.63) is 29.8 Å². The number of phenolic OH excluding ortho intramolecular Hbond substituents is 1. The summed E-state index contributed by atoms with van der Waals surface area (Å²) in [6.07, 6.45) is 0.743. The van der Waals surface area contributed by atoms with Gasteiger partial charge in [0.05, 0.1) is 0 Å². The predicted octanol–water partition coefficient (Wildman–Crippen LogP) is 0.594. The summed E-state index contributed by atoms with van der Waals surface area (Å²) >= 11 is 0. The fourth-order valence-electron chi connectivity index (χ4n) is 0.878. The highest BCUT2D eigenvalue weighted by Gasteiger charge is 1.95. The Morgan fingerprint density at radius 3 is 2.38 bits per heavy atom. The van der Waals surface area contributed by atoms with E-state index in [1.54, 1.807) is 12.1 Å². The van der Waals surface area contributed by atoms with Gasteiger partial charge >= 0.3 is 0 Å². The van der Waals surface area contributed by atoms with Gasteiger partial charge in [0, 0.05) is 0 Å². The number of carboxylic acid groups (broad SMARTS) is 1. The minimum atomic E-state index is -0.250. The number of hydrogen-bond acceptors (Lipinski definition) is 3. The first-order valence-corrected chi connectivity index (χ1v) is 3.81. The lowest BCUT2D eigenvalue weighted by atomic mass is 10.1. The van der Waals surface area contributed by atoms with Crippen LogP contribution in [-0.2, 0) is 11.2 Å². The van der Waals surface area contributed by atoms with E-state index in [0.29, 0.717) is 12.3 Å². The molecule has 13 heavy (non-hydrogen) atoms. The molecule has 0 heterocycles. The van der Waals surface area contributed by atoms with Crippen molar-refractivity contribution < 1.29 is 15.0 Å². The fraction of sp³-hybridized carbons (Fsp3) is 0.222. The Labute approximate surface area is 76.6 Å². The monoisotopic (exact) mass is 183 g/mol. The van der Waals surface area contributed by atoms with Crippen LogP contribution in [0.2, 0.25) is 0 Å². The Bertz CT molecular complexity index is 250. The number of nitrogens with two attached hydrogens (primary N) is 1. The zero-order valence-electron chi connectivity index (χ0n) is 7.18. The molecular formula is C9H13NO3. The Hall–Kier alpha value is -1.55. The second-order valence-electron chi connectivity index (χ2n) is 2.27. The van der Waals surface area contributed by atoms with Gasteiger partial charge in [0.2, 0.25) is 0 Å². The molecule has 0 aliphatic heterocycles. The zero-order chi connectivity index (χ0) is 10.1. The van der Waals surface area contributed by atoms with Gasteiger partial charge in [0.25, 0.3) is 6.47 Å². The Balaban J connectivity index is 0.000000424. The number of carbonyl (C=O) groups is 1. The summed E-state index contributed by atoms with van der Waals surface area (Å²) in [4.78, 5) is 8.36. The molecule has 0 aliphatic carbocycles. The molecule has 0 unspecified atom stereocenters. The van der Waals surface area contributed by atoms with E-state index in [1.165, 1.54) is 0 Å². The fourth-order valence-corrected chi connectivity index (χ4v) is 0.878. The molecule has 0 atom stereocenters. The lowest BCUT2D eigenvalue weighted by molar-refractivity contribution is -0.122. The summed E-state index contributed by atoms with van der Waals surface area (Å²) < 4.78 is 0. The molecule has 0 spiro atoms. The van der Waals surface area contributed by atoms with Crippen LogP contribution >= 0.6 is 0 Å². The first-order valence-electron chi connectivity index (χ1n) is 3.81. The molecule has 0 fully saturated rings. The van der Waals surface area contributed by atoms with Crippen LogP contribution in [0.5, 0.6) is 5.75 Å². The van der Waals surface area contributed by atoms with E-state index in [-0.39, 0.29) is 6.47 Å². The van der Waals surface area contributed by atoms with E-state index in [4.69, 9.17) is 15.6 Å². The summed E-state index contributed by atoms with van der Waals surface area (Å²) in [6.45, 7) is 0.331. The van der Waals surface area contributed by atoms with E-state index in [1.807, 2.05) is 12.1 Å². The summed E-state index contributed by atoms with van der Waals surface area (Å²) in [7, 11) is 0. The average molecular weight is 183 g/mol. The number of hydrogen-bond donors (Lipinski definition) is 3. The number of aromatic hydroxyl groups is 1. The minimum Gasteiger partial charge on any atom is -0.508 e. The van der Waals surface area contributed by atoms with Gasteiger partial charge in [-0.2, -0.15) is 0 Å². The van der Waals surface area contributed by atoms with Crippen LogP contribution in [0.4, 0.5) is 0 Å². The average Bonchev–Trinajstić information content (AvgIpc) is 2.11. The molecule has 0 aliphatic rings. The largest absolute Gasteiger partial charge is 0.508 e. The molecule has 0 saturated carbocycles. The molecule has 4 N–H and O–H groups in total.